The van der Waals surface area contributed by atoms with Gasteiger partial charge in [0.05, 0.1) is 6.54 Å². The van der Waals surface area contributed by atoms with Gasteiger partial charge in [0.15, 0.2) is 0 Å². The van der Waals surface area contributed by atoms with Crippen molar-refractivity contribution >= 4 is 0 Å². The maximum Gasteiger partial charge on any atom is 0.140 e. The minimum atomic E-state index is 0.820. The molecule has 1 rings (SSSR count). The first-order valence-electron chi connectivity index (χ1n) is 4.88. The molecule has 4 nitrogen and oxygen atoms in total. The van der Waals surface area contributed by atoms with Crippen molar-refractivity contribution in [3.63, 3.8) is 0 Å². The van der Waals surface area contributed by atoms with Gasteiger partial charge in [-0.3, -0.25) is 4.68 Å². The third kappa shape index (κ3) is 3.55. The molecule has 0 saturated heterocycles. The van der Waals surface area contributed by atoms with Crippen LogP contribution in [0.15, 0.2) is 6.33 Å². The Kier molecular flexibility index (Phi) is 4.46. The number of hydrogen-bond acceptors (Lipinski definition) is 3. The van der Waals surface area contributed by atoms with Crippen molar-refractivity contribution in [2.24, 2.45) is 7.05 Å². The smallest absolute Gasteiger partial charge is 0.140 e. The van der Waals surface area contributed by atoms with E-state index < -0.39 is 0 Å². The van der Waals surface area contributed by atoms with Gasteiger partial charge in [-0.1, -0.05) is 19.8 Å². The summed E-state index contributed by atoms with van der Waals surface area (Å²) in [6, 6.07) is 0. The summed E-state index contributed by atoms with van der Waals surface area (Å²) in [5, 5.41) is 7.34. The number of aryl methyl sites for hydroxylation is 1. The van der Waals surface area contributed by atoms with E-state index in [0.717, 1.165) is 18.9 Å². The Bertz CT molecular complexity index is 231. The van der Waals surface area contributed by atoms with E-state index in [1.165, 1.54) is 19.3 Å². The van der Waals surface area contributed by atoms with Gasteiger partial charge in [0.1, 0.15) is 12.2 Å². The summed E-state index contributed by atoms with van der Waals surface area (Å²) in [6.45, 7) is 4.10. The molecule has 0 aliphatic carbocycles. The molecule has 0 bridgehead atoms. The first-order valence-corrected chi connectivity index (χ1v) is 4.88. The largest absolute Gasteiger partial charge is 0.310 e. The molecule has 4 heteroatoms. The molecule has 0 aliphatic rings. The van der Waals surface area contributed by atoms with Crippen LogP contribution in [-0.4, -0.2) is 21.3 Å². The monoisotopic (exact) mass is 182 g/mol. The minimum Gasteiger partial charge on any atom is -0.310 e. The minimum absolute atomic E-state index is 0.820. The van der Waals surface area contributed by atoms with Gasteiger partial charge in [-0.15, -0.1) is 0 Å². The van der Waals surface area contributed by atoms with Gasteiger partial charge in [0, 0.05) is 7.05 Å². The molecule has 1 aromatic heterocycles. The number of unbranched alkanes of at least 4 members (excludes halogenated alkanes) is 2. The van der Waals surface area contributed by atoms with E-state index in [1.54, 1.807) is 11.0 Å². The maximum absolute atomic E-state index is 4.12. The van der Waals surface area contributed by atoms with Crippen molar-refractivity contribution in [2.75, 3.05) is 6.54 Å². The van der Waals surface area contributed by atoms with E-state index in [2.05, 4.69) is 22.3 Å². The van der Waals surface area contributed by atoms with Crippen molar-refractivity contribution < 1.29 is 0 Å². The van der Waals surface area contributed by atoms with Crippen molar-refractivity contribution in [1.29, 1.82) is 0 Å². The molecular weight excluding hydrogens is 164 g/mol. The molecule has 0 radical (unpaired) electrons. The van der Waals surface area contributed by atoms with Crippen LogP contribution in [0, 0.1) is 0 Å². The lowest BCUT2D eigenvalue weighted by Crippen LogP contribution is -2.17. The lowest BCUT2D eigenvalue weighted by atomic mass is 10.2. The van der Waals surface area contributed by atoms with Crippen LogP contribution in [0.25, 0.3) is 0 Å². The van der Waals surface area contributed by atoms with Gasteiger partial charge in [-0.05, 0) is 13.0 Å². The number of aromatic nitrogens is 3. The normalized spacial score (nSPS) is 10.6. The quantitative estimate of drug-likeness (QED) is 0.670. The van der Waals surface area contributed by atoms with E-state index in [-0.39, 0.29) is 0 Å². The van der Waals surface area contributed by atoms with Crippen LogP contribution in [0.4, 0.5) is 0 Å². The highest BCUT2D eigenvalue weighted by Crippen LogP contribution is 1.93. The Balaban J connectivity index is 2.10. The lowest BCUT2D eigenvalue weighted by molar-refractivity contribution is 0.580. The second-order valence-corrected chi connectivity index (χ2v) is 3.18. The highest BCUT2D eigenvalue weighted by atomic mass is 15.3. The predicted molar refractivity (Wildman–Crippen MR) is 52.2 cm³/mol. The van der Waals surface area contributed by atoms with Gasteiger partial charge >= 0.3 is 0 Å². The number of rotatable bonds is 6. The molecule has 0 amide bonds. The van der Waals surface area contributed by atoms with E-state index in [1.807, 2.05) is 7.05 Å². The second-order valence-electron chi connectivity index (χ2n) is 3.18. The molecule has 0 saturated carbocycles. The summed E-state index contributed by atoms with van der Waals surface area (Å²) < 4.78 is 1.80. The second kappa shape index (κ2) is 5.70. The average Bonchev–Trinajstić information content (AvgIpc) is 2.52. The lowest BCUT2D eigenvalue weighted by Gasteiger charge is -2.02. The van der Waals surface area contributed by atoms with E-state index in [9.17, 15) is 0 Å². The fourth-order valence-electron chi connectivity index (χ4n) is 1.18. The molecule has 74 valence electrons. The van der Waals surface area contributed by atoms with Crippen LogP contribution in [0.5, 0.6) is 0 Å². The molecule has 1 heterocycles. The maximum atomic E-state index is 4.12. The Hall–Kier alpha value is -0.900. The van der Waals surface area contributed by atoms with Crippen LogP contribution in [0.1, 0.15) is 32.0 Å². The molecule has 0 spiro atoms. The van der Waals surface area contributed by atoms with Crippen LogP contribution in [0.2, 0.25) is 0 Å². The molecule has 0 unspecified atom stereocenters. The molecule has 0 fully saturated rings. The zero-order valence-electron chi connectivity index (χ0n) is 8.45. The van der Waals surface area contributed by atoms with Crippen LogP contribution in [-0.2, 0) is 13.6 Å². The fraction of sp³-hybridized carbons (Fsp3) is 0.778. The van der Waals surface area contributed by atoms with E-state index >= 15 is 0 Å². The molecule has 0 aliphatic heterocycles. The van der Waals surface area contributed by atoms with Gasteiger partial charge in [-0.25, -0.2) is 4.98 Å². The average molecular weight is 182 g/mol. The van der Waals surface area contributed by atoms with Crippen molar-refractivity contribution in [1.82, 2.24) is 20.1 Å². The van der Waals surface area contributed by atoms with Crippen LogP contribution < -0.4 is 5.32 Å². The highest BCUT2D eigenvalue weighted by molar-refractivity contribution is 4.81. The summed E-state index contributed by atoms with van der Waals surface area (Å²) in [5.41, 5.74) is 0. The Morgan fingerprint density at radius 2 is 2.31 bits per heavy atom. The van der Waals surface area contributed by atoms with Crippen LogP contribution in [0.3, 0.4) is 0 Å². The third-order valence-electron chi connectivity index (χ3n) is 2.05. The molecule has 13 heavy (non-hydrogen) atoms. The summed E-state index contributed by atoms with van der Waals surface area (Å²) in [4.78, 5) is 4.12. The SMILES string of the molecule is CCCCCNCc1ncnn1C. The van der Waals surface area contributed by atoms with Gasteiger partial charge in [0.2, 0.25) is 0 Å². The van der Waals surface area contributed by atoms with Crippen molar-refractivity contribution in [2.45, 2.75) is 32.7 Å². The van der Waals surface area contributed by atoms with Crippen molar-refractivity contribution in [3.05, 3.63) is 12.2 Å². The predicted octanol–water partition coefficient (Wildman–Crippen LogP) is 1.09. The first kappa shape index (κ1) is 10.2. The molecule has 1 N–H and O–H groups in total. The first-order chi connectivity index (χ1) is 6.34. The summed E-state index contributed by atoms with van der Waals surface area (Å²) in [7, 11) is 1.91. The van der Waals surface area contributed by atoms with Gasteiger partial charge < -0.3 is 5.32 Å². The number of nitrogens with one attached hydrogen (secondary N) is 1. The standard InChI is InChI=1S/C9H18N4/c1-3-4-5-6-10-7-9-11-8-12-13(9)2/h8,10H,3-7H2,1-2H3. The fourth-order valence-corrected chi connectivity index (χ4v) is 1.18. The molecule has 1 aromatic rings. The number of hydrogen-bond donors (Lipinski definition) is 1. The Morgan fingerprint density at radius 3 is 2.92 bits per heavy atom. The van der Waals surface area contributed by atoms with E-state index in [0.29, 0.717) is 0 Å². The highest BCUT2D eigenvalue weighted by Gasteiger charge is 1.97. The third-order valence-corrected chi connectivity index (χ3v) is 2.05. The molecular formula is C9H18N4. The molecule has 0 atom stereocenters. The number of nitrogens with zero attached hydrogens (tertiary/aromatic N) is 3. The van der Waals surface area contributed by atoms with Crippen LogP contribution >= 0.6 is 0 Å². The van der Waals surface area contributed by atoms with Gasteiger partial charge in [-0.2, -0.15) is 5.10 Å². The molecule has 0 aromatic carbocycles. The zero-order chi connectivity index (χ0) is 9.52. The topological polar surface area (TPSA) is 42.7 Å². The summed E-state index contributed by atoms with van der Waals surface area (Å²) >= 11 is 0. The Morgan fingerprint density at radius 1 is 1.46 bits per heavy atom. The Labute approximate surface area is 79.4 Å². The van der Waals surface area contributed by atoms with Crippen molar-refractivity contribution in [3.8, 4) is 0 Å². The summed E-state index contributed by atoms with van der Waals surface area (Å²) in [6.07, 6.45) is 5.40. The van der Waals surface area contributed by atoms with E-state index in [4.69, 9.17) is 0 Å². The summed E-state index contributed by atoms with van der Waals surface area (Å²) in [5.74, 6) is 0.997. The zero-order valence-corrected chi connectivity index (χ0v) is 8.45. The van der Waals surface area contributed by atoms with Gasteiger partial charge in [0.25, 0.3) is 0 Å².